The van der Waals surface area contributed by atoms with Crippen LogP contribution in [-0.4, -0.2) is 17.1 Å². The Bertz CT molecular complexity index is 869. The van der Waals surface area contributed by atoms with Crippen molar-refractivity contribution in [3.05, 3.63) is 53.5 Å². The first-order valence-corrected chi connectivity index (χ1v) is 7.46. The van der Waals surface area contributed by atoms with Crippen molar-refractivity contribution in [3.8, 4) is 0 Å². The number of fused-ring (bicyclic) bond motifs is 2. The van der Waals surface area contributed by atoms with Crippen LogP contribution in [0.3, 0.4) is 0 Å². The lowest BCUT2D eigenvalue weighted by molar-refractivity contribution is -0.115. The zero-order chi connectivity index (χ0) is 14.2. The number of carbonyl (C=O) groups is 1. The third-order valence-electron chi connectivity index (χ3n) is 3.52. The van der Waals surface area contributed by atoms with E-state index in [1.165, 1.54) is 0 Å². The van der Waals surface area contributed by atoms with Gasteiger partial charge in [-0.15, -0.1) is 11.3 Å². The van der Waals surface area contributed by atoms with Crippen molar-refractivity contribution in [2.75, 3.05) is 5.32 Å². The molecule has 0 fully saturated rings. The molecule has 0 aliphatic carbocycles. The zero-order valence-electron chi connectivity index (χ0n) is 11.0. The van der Waals surface area contributed by atoms with E-state index in [0.29, 0.717) is 0 Å². The minimum atomic E-state index is -0.321. The lowest BCUT2D eigenvalue weighted by atomic mass is 10.0. The Balaban J connectivity index is 1.67. The average Bonchev–Trinajstić information content (AvgIpc) is 3.08. The van der Waals surface area contributed by atoms with Gasteiger partial charge in [-0.3, -0.25) is 9.79 Å². The molecule has 5 heteroatoms. The number of rotatable bonds is 2. The third-order valence-corrected chi connectivity index (χ3v) is 4.32. The van der Waals surface area contributed by atoms with Crippen LogP contribution in [0.15, 0.2) is 53.0 Å². The van der Waals surface area contributed by atoms with Gasteiger partial charge in [-0.05, 0) is 29.8 Å². The average molecular weight is 293 g/mol. The molecule has 1 amide bonds. The third kappa shape index (κ3) is 2.11. The Hall–Kier alpha value is -2.53. The van der Waals surface area contributed by atoms with E-state index in [1.807, 2.05) is 48.0 Å². The molecular formula is C16H11N3OS. The minimum absolute atomic E-state index is 0.0289. The molecule has 102 valence electrons. The Morgan fingerprint density at radius 3 is 3.10 bits per heavy atom. The van der Waals surface area contributed by atoms with E-state index < -0.39 is 0 Å². The van der Waals surface area contributed by atoms with Crippen molar-refractivity contribution >= 4 is 45.0 Å². The second kappa shape index (κ2) is 4.79. The summed E-state index contributed by atoms with van der Waals surface area (Å²) in [5.41, 5.74) is 5.48. The summed E-state index contributed by atoms with van der Waals surface area (Å²) in [5.74, 6) is -0.350. The summed E-state index contributed by atoms with van der Waals surface area (Å²) in [6.45, 7) is 0. The van der Waals surface area contributed by atoms with Gasteiger partial charge in [0.05, 0.1) is 21.4 Å². The van der Waals surface area contributed by atoms with E-state index in [1.54, 1.807) is 17.6 Å². The van der Waals surface area contributed by atoms with Crippen LogP contribution in [-0.2, 0) is 4.79 Å². The van der Waals surface area contributed by atoms with Gasteiger partial charge in [0.2, 0.25) is 5.91 Å². The number of hydrogen-bond acceptors (Lipinski definition) is 4. The number of para-hydroxylation sites is 1. The molecule has 0 saturated carbocycles. The zero-order valence-corrected chi connectivity index (χ0v) is 11.8. The molecule has 1 N–H and O–H groups in total. The fourth-order valence-electron chi connectivity index (χ4n) is 2.47. The van der Waals surface area contributed by atoms with Crippen LogP contribution < -0.4 is 5.32 Å². The molecule has 0 radical (unpaired) electrons. The van der Waals surface area contributed by atoms with Gasteiger partial charge in [0.15, 0.2) is 0 Å². The molecule has 0 saturated heterocycles. The van der Waals surface area contributed by atoms with Gasteiger partial charge < -0.3 is 5.32 Å². The van der Waals surface area contributed by atoms with Gasteiger partial charge in [0.25, 0.3) is 0 Å². The van der Waals surface area contributed by atoms with Crippen LogP contribution in [0.1, 0.15) is 11.5 Å². The molecule has 1 aromatic heterocycles. The van der Waals surface area contributed by atoms with E-state index in [0.717, 1.165) is 27.2 Å². The molecule has 1 atom stereocenters. The number of nitrogens with one attached hydrogen (secondary N) is 1. The fraction of sp³-hybridized carbons (Fsp3) is 0.0625. The maximum Gasteiger partial charge on any atom is 0.237 e. The molecule has 1 aliphatic heterocycles. The van der Waals surface area contributed by atoms with Crippen molar-refractivity contribution in [1.29, 1.82) is 0 Å². The van der Waals surface area contributed by atoms with Crippen molar-refractivity contribution in [2.24, 2.45) is 4.99 Å². The van der Waals surface area contributed by atoms with E-state index in [9.17, 15) is 4.79 Å². The Labute approximate surface area is 125 Å². The minimum Gasteiger partial charge on any atom is -0.325 e. The first kappa shape index (κ1) is 12.2. The summed E-state index contributed by atoms with van der Waals surface area (Å²) in [7, 11) is 0. The Kier molecular flexibility index (Phi) is 2.79. The molecule has 4 rings (SSSR count). The highest BCUT2D eigenvalue weighted by molar-refractivity contribution is 7.16. The second-order valence-corrected chi connectivity index (χ2v) is 5.72. The van der Waals surface area contributed by atoms with Crippen molar-refractivity contribution in [3.63, 3.8) is 0 Å². The maximum atomic E-state index is 12.0. The van der Waals surface area contributed by atoms with Crippen LogP contribution >= 0.6 is 11.3 Å². The largest absolute Gasteiger partial charge is 0.325 e. The molecule has 0 bridgehead atoms. The van der Waals surface area contributed by atoms with Crippen molar-refractivity contribution < 1.29 is 4.79 Å². The van der Waals surface area contributed by atoms with Gasteiger partial charge in [-0.2, -0.15) is 0 Å². The van der Waals surface area contributed by atoms with Crippen LogP contribution in [0.5, 0.6) is 0 Å². The van der Waals surface area contributed by atoms with Crippen LogP contribution in [0, 0.1) is 0 Å². The van der Waals surface area contributed by atoms with E-state index >= 15 is 0 Å². The summed E-state index contributed by atoms with van der Waals surface area (Å²) in [6.07, 6.45) is 1.71. The number of thiazole rings is 1. The highest BCUT2D eigenvalue weighted by Gasteiger charge is 2.28. The highest BCUT2D eigenvalue weighted by atomic mass is 32.1. The predicted molar refractivity (Wildman–Crippen MR) is 85.6 cm³/mol. The molecular weight excluding hydrogens is 282 g/mol. The highest BCUT2D eigenvalue weighted by Crippen LogP contribution is 2.31. The molecule has 1 unspecified atom stereocenters. The van der Waals surface area contributed by atoms with Gasteiger partial charge in [0.1, 0.15) is 5.92 Å². The summed E-state index contributed by atoms with van der Waals surface area (Å²) < 4.78 is 1.10. The van der Waals surface area contributed by atoms with Crippen molar-refractivity contribution in [2.45, 2.75) is 5.92 Å². The van der Waals surface area contributed by atoms with Gasteiger partial charge in [0, 0.05) is 11.9 Å². The van der Waals surface area contributed by atoms with Crippen LogP contribution in [0.4, 0.5) is 11.4 Å². The summed E-state index contributed by atoms with van der Waals surface area (Å²) >= 11 is 1.58. The quantitative estimate of drug-likeness (QED) is 0.732. The molecule has 1 aliphatic rings. The normalized spacial score (nSPS) is 17.3. The topological polar surface area (TPSA) is 54.4 Å². The second-order valence-electron chi connectivity index (χ2n) is 4.84. The van der Waals surface area contributed by atoms with Gasteiger partial charge in [-0.1, -0.05) is 18.2 Å². The predicted octanol–water partition coefficient (Wildman–Crippen LogP) is 3.73. The van der Waals surface area contributed by atoms with Crippen LogP contribution in [0.25, 0.3) is 10.2 Å². The lowest BCUT2D eigenvalue weighted by Gasteiger charge is -2.01. The number of amides is 1. The van der Waals surface area contributed by atoms with Gasteiger partial charge in [-0.25, -0.2) is 4.98 Å². The molecule has 21 heavy (non-hydrogen) atoms. The molecule has 2 heterocycles. The Morgan fingerprint density at radius 2 is 2.14 bits per heavy atom. The number of aliphatic imine (C=N–C) groups is 1. The molecule has 0 spiro atoms. The monoisotopic (exact) mass is 293 g/mol. The SMILES string of the molecule is O=C1Nc2ccccc2C1C=Nc1ccc2ncsc2c1. The standard InChI is InChI=1S/C16H11N3OS/c20-16-12(11-3-1-2-4-13(11)19-16)8-17-10-5-6-14-15(7-10)21-9-18-14/h1-9,12H,(H,19,20). The summed E-state index contributed by atoms with van der Waals surface area (Å²) in [6, 6.07) is 13.6. The molecule has 2 aromatic carbocycles. The lowest BCUT2D eigenvalue weighted by Crippen LogP contribution is -2.12. The number of benzene rings is 2. The number of anilines is 1. The summed E-state index contributed by atoms with van der Waals surface area (Å²) in [4.78, 5) is 20.7. The van der Waals surface area contributed by atoms with Gasteiger partial charge >= 0.3 is 0 Å². The smallest absolute Gasteiger partial charge is 0.237 e. The fourth-order valence-corrected chi connectivity index (χ4v) is 3.18. The first-order chi connectivity index (χ1) is 10.3. The molecule has 4 nitrogen and oxygen atoms in total. The Morgan fingerprint density at radius 1 is 1.24 bits per heavy atom. The number of carbonyl (C=O) groups excluding carboxylic acids is 1. The van der Waals surface area contributed by atoms with E-state index in [-0.39, 0.29) is 11.8 Å². The molecule has 3 aromatic rings. The number of hydrogen-bond donors (Lipinski definition) is 1. The summed E-state index contributed by atoms with van der Waals surface area (Å²) in [5, 5.41) is 2.87. The maximum absolute atomic E-state index is 12.0. The van der Waals surface area contributed by atoms with E-state index in [4.69, 9.17) is 0 Å². The number of aromatic nitrogens is 1. The number of nitrogens with zero attached hydrogens (tertiary/aromatic N) is 2. The first-order valence-electron chi connectivity index (χ1n) is 6.58. The van der Waals surface area contributed by atoms with Crippen molar-refractivity contribution in [1.82, 2.24) is 4.98 Å². The van der Waals surface area contributed by atoms with E-state index in [2.05, 4.69) is 15.3 Å². The van der Waals surface area contributed by atoms with Crippen LogP contribution in [0.2, 0.25) is 0 Å².